The first kappa shape index (κ1) is 7.50. The molecule has 4 nitrogen and oxygen atoms in total. The second-order valence-corrected chi connectivity index (χ2v) is 2.49. The SMILES string of the molecule is NCN1CCC[C@@H]1C(=O)O. The average molecular weight is 144 g/mol. The van der Waals surface area contributed by atoms with Crippen molar-refractivity contribution in [2.75, 3.05) is 13.2 Å². The van der Waals surface area contributed by atoms with Gasteiger partial charge in [-0.1, -0.05) is 0 Å². The first-order chi connectivity index (χ1) is 4.75. The second kappa shape index (κ2) is 2.98. The number of carboxylic acids is 1. The van der Waals surface area contributed by atoms with Gasteiger partial charge >= 0.3 is 5.97 Å². The van der Waals surface area contributed by atoms with Gasteiger partial charge in [0.15, 0.2) is 0 Å². The Bertz CT molecular complexity index is 138. The lowest BCUT2D eigenvalue weighted by Crippen LogP contribution is -2.39. The molecular weight excluding hydrogens is 132 g/mol. The molecule has 1 aliphatic rings. The Hall–Kier alpha value is -0.610. The zero-order valence-corrected chi connectivity index (χ0v) is 5.79. The Labute approximate surface area is 59.6 Å². The topological polar surface area (TPSA) is 66.6 Å². The number of aliphatic carboxylic acids is 1. The predicted molar refractivity (Wildman–Crippen MR) is 36.4 cm³/mol. The maximum Gasteiger partial charge on any atom is 0.320 e. The van der Waals surface area contributed by atoms with E-state index >= 15 is 0 Å². The Morgan fingerprint density at radius 2 is 2.50 bits per heavy atom. The van der Waals surface area contributed by atoms with E-state index in [1.54, 1.807) is 4.90 Å². The minimum Gasteiger partial charge on any atom is -0.480 e. The van der Waals surface area contributed by atoms with E-state index in [9.17, 15) is 4.79 Å². The van der Waals surface area contributed by atoms with Crippen LogP contribution < -0.4 is 5.73 Å². The van der Waals surface area contributed by atoms with Crippen LogP contribution in [0.15, 0.2) is 0 Å². The highest BCUT2D eigenvalue weighted by atomic mass is 16.4. The molecule has 10 heavy (non-hydrogen) atoms. The maximum absolute atomic E-state index is 10.5. The Kier molecular flexibility index (Phi) is 2.24. The molecule has 3 N–H and O–H groups in total. The quantitative estimate of drug-likeness (QED) is 0.545. The first-order valence-electron chi connectivity index (χ1n) is 3.42. The van der Waals surface area contributed by atoms with Crippen LogP contribution in [-0.2, 0) is 4.79 Å². The Morgan fingerprint density at radius 3 is 2.90 bits per heavy atom. The fraction of sp³-hybridized carbons (Fsp3) is 0.833. The molecule has 0 amide bonds. The number of hydrogen-bond donors (Lipinski definition) is 2. The van der Waals surface area contributed by atoms with Crippen LogP contribution in [0.2, 0.25) is 0 Å². The van der Waals surface area contributed by atoms with Gasteiger partial charge in [-0.2, -0.15) is 0 Å². The van der Waals surface area contributed by atoms with E-state index in [2.05, 4.69) is 0 Å². The third kappa shape index (κ3) is 1.27. The van der Waals surface area contributed by atoms with E-state index in [0.717, 1.165) is 19.4 Å². The van der Waals surface area contributed by atoms with Crippen molar-refractivity contribution < 1.29 is 9.90 Å². The van der Waals surface area contributed by atoms with E-state index in [-0.39, 0.29) is 6.04 Å². The smallest absolute Gasteiger partial charge is 0.320 e. The maximum atomic E-state index is 10.5. The van der Waals surface area contributed by atoms with Crippen LogP contribution >= 0.6 is 0 Å². The molecule has 0 aromatic rings. The molecule has 0 bridgehead atoms. The van der Waals surface area contributed by atoms with Crippen molar-refractivity contribution in [3.05, 3.63) is 0 Å². The molecule has 1 rings (SSSR count). The summed E-state index contributed by atoms with van der Waals surface area (Å²) >= 11 is 0. The standard InChI is InChI=1S/C6H12N2O2/c7-4-8-3-1-2-5(8)6(9)10/h5H,1-4,7H2,(H,9,10)/t5-/m1/s1. The van der Waals surface area contributed by atoms with Crippen LogP contribution in [0.5, 0.6) is 0 Å². The number of carboxylic acid groups (broad SMARTS) is 1. The molecule has 0 aromatic heterocycles. The second-order valence-electron chi connectivity index (χ2n) is 2.49. The number of hydrogen-bond acceptors (Lipinski definition) is 3. The molecule has 1 heterocycles. The van der Waals surface area contributed by atoms with E-state index in [1.165, 1.54) is 0 Å². The van der Waals surface area contributed by atoms with Gasteiger partial charge in [-0.05, 0) is 12.8 Å². The van der Waals surface area contributed by atoms with E-state index in [0.29, 0.717) is 6.67 Å². The van der Waals surface area contributed by atoms with Gasteiger partial charge in [0.2, 0.25) is 0 Å². The summed E-state index contributed by atoms with van der Waals surface area (Å²) in [5.41, 5.74) is 5.32. The van der Waals surface area contributed by atoms with Crippen LogP contribution in [0.1, 0.15) is 12.8 Å². The zero-order valence-electron chi connectivity index (χ0n) is 5.79. The van der Waals surface area contributed by atoms with Gasteiger partial charge in [-0.15, -0.1) is 0 Å². The van der Waals surface area contributed by atoms with Crippen molar-refractivity contribution in [1.29, 1.82) is 0 Å². The van der Waals surface area contributed by atoms with Crippen LogP contribution in [-0.4, -0.2) is 35.2 Å². The van der Waals surface area contributed by atoms with Gasteiger partial charge in [0.05, 0.1) is 0 Å². The van der Waals surface area contributed by atoms with Gasteiger partial charge in [-0.25, -0.2) is 0 Å². The third-order valence-corrected chi connectivity index (χ3v) is 1.88. The summed E-state index contributed by atoms with van der Waals surface area (Å²) in [7, 11) is 0. The minimum absolute atomic E-state index is 0.329. The van der Waals surface area contributed by atoms with Crippen molar-refractivity contribution >= 4 is 5.97 Å². The summed E-state index contributed by atoms with van der Waals surface area (Å²) in [5, 5.41) is 8.62. The summed E-state index contributed by atoms with van der Waals surface area (Å²) in [6.07, 6.45) is 1.70. The van der Waals surface area contributed by atoms with Crippen LogP contribution in [0, 0.1) is 0 Å². The predicted octanol–water partition coefficient (Wildman–Crippen LogP) is -0.548. The molecule has 0 saturated carbocycles. The summed E-state index contributed by atoms with van der Waals surface area (Å²) in [6, 6.07) is -0.329. The van der Waals surface area contributed by atoms with Gasteiger partial charge in [0, 0.05) is 13.2 Å². The molecule has 0 radical (unpaired) electrons. The zero-order chi connectivity index (χ0) is 7.56. The number of carbonyl (C=O) groups is 1. The molecular formula is C6H12N2O2. The van der Waals surface area contributed by atoms with E-state index in [1.807, 2.05) is 0 Å². The molecule has 1 fully saturated rings. The lowest BCUT2D eigenvalue weighted by Gasteiger charge is -2.17. The van der Waals surface area contributed by atoms with Crippen LogP contribution in [0.4, 0.5) is 0 Å². The number of nitrogens with two attached hydrogens (primary N) is 1. The largest absolute Gasteiger partial charge is 0.480 e. The third-order valence-electron chi connectivity index (χ3n) is 1.88. The normalized spacial score (nSPS) is 27.1. The van der Waals surface area contributed by atoms with Crippen LogP contribution in [0.3, 0.4) is 0 Å². The molecule has 1 saturated heterocycles. The molecule has 0 aromatic carbocycles. The molecule has 1 aliphatic heterocycles. The summed E-state index contributed by atoms with van der Waals surface area (Å²) in [6.45, 7) is 1.18. The lowest BCUT2D eigenvalue weighted by atomic mass is 10.2. The van der Waals surface area contributed by atoms with Crippen molar-refractivity contribution in [2.45, 2.75) is 18.9 Å². The highest BCUT2D eigenvalue weighted by Crippen LogP contribution is 2.15. The number of rotatable bonds is 2. The van der Waals surface area contributed by atoms with Gasteiger partial charge in [0.25, 0.3) is 0 Å². The van der Waals surface area contributed by atoms with Crippen molar-refractivity contribution in [1.82, 2.24) is 4.90 Å². The van der Waals surface area contributed by atoms with E-state index < -0.39 is 5.97 Å². The monoisotopic (exact) mass is 144 g/mol. The molecule has 1 atom stereocenters. The highest BCUT2D eigenvalue weighted by Gasteiger charge is 2.28. The fourth-order valence-corrected chi connectivity index (χ4v) is 1.32. The Balaban J connectivity index is 2.50. The summed E-state index contributed by atoms with van der Waals surface area (Å²) in [5.74, 6) is -0.747. The first-order valence-corrected chi connectivity index (χ1v) is 3.42. The number of likely N-dealkylation sites (tertiary alicyclic amines) is 1. The van der Waals surface area contributed by atoms with Gasteiger partial charge in [0.1, 0.15) is 6.04 Å². The molecule has 58 valence electrons. The molecule has 4 heteroatoms. The minimum atomic E-state index is -0.747. The van der Waals surface area contributed by atoms with Crippen molar-refractivity contribution in [3.8, 4) is 0 Å². The Morgan fingerprint density at radius 1 is 1.80 bits per heavy atom. The summed E-state index contributed by atoms with van der Waals surface area (Å²) < 4.78 is 0. The highest BCUT2D eigenvalue weighted by molar-refractivity contribution is 5.73. The van der Waals surface area contributed by atoms with E-state index in [4.69, 9.17) is 10.8 Å². The average Bonchev–Trinajstić information content (AvgIpc) is 2.33. The van der Waals surface area contributed by atoms with Gasteiger partial charge in [-0.3, -0.25) is 9.69 Å². The lowest BCUT2D eigenvalue weighted by molar-refractivity contribution is -0.142. The fourth-order valence-electron chi connectivity index (χ4n) is 1.32. The number of nitrogens with zero attached hydrogens (tertiary/aromatic N) is 1. The molecule has 0 unspecified atom stereocenters. The summed E-state index contributed by atoms with van der Waals surface area (Å²) in [4.78, 5) is 12.3. The van der Waals surface area contributed by atoms with Crippen molar-refractivity contribution in [3.63, 3.8) is 0 Å². The molecule has 0 aliphatic carbocycles. The van der Waals surface area contributed by atoms with Crippen molar-refractivity contribution in [2.24, 2.45) is 5.73 Å². The van der Waals surface area contributed by atoms with Crippen LogP contribution in [0.25, 0.3) is 0 Å². The molecule has 0 spiro atoms. The van der Waals surface area contributed by atoms with Gasteiger partial charge < -0.3 is 10.8 Å².